The lowest BCUT2D eigenvalue weighted by Crippen LogP contribution is -2.27. The fraction of sp³-hybridized carbons (Fsp3) is 0.200. The zero-order valence-corrected chi connectivity index (χ0v) is 17.2. The number of fused-ring (bicyclic) bond motifs is 1. The van der Waals surface area contributed by atoms with E-state index in [0.29, 0.717) is 0 Å². The minimum atomic E-state index is -0.469. The average molecular weight is 383 g/mol. The molecule has 0 spiro atoms. The van der Waals surface area contributed by atoms with E-state index in [4.69, 9.17) is 4.98 Å². The monoisotopic (exact) mass is 383 g/mol. The summed E-state index contributed by atoms with van der Waals surface area (Å²) in [6.07, 6.45) is 4.03. The second-order valence-corrected chi connectivity index (χ2v) is 8.44. The summed E-state index contributed by atoms with van der Waals surface area (Å²) in [5.41, 5.74) is 6.35. The summed E-state index contributed by atoms with van der Waals surface area (Å²) in [5, 5.41) is 3.04. The van der Waals surface area contributed by atoms with Crippen molar-refractivity contribution in [2.45, 2.75) is 27.7 Å². The van der Waals surface area contributed by atoms with E-state index in [1.54, 1.807) is 0 Å². The van der Waals surface area contributed by atoms with Gasteiger partial charge in [-0.25, -0.2) is 4.98 Å². The molecular formula is C25H25N3O. The van der Waals surface area contributed by atoms with Crippen LogP contribution in [-0.4, -0.2) is 15.3 Å². The van der Waals surface area contributed by atoms with Crippen LogP contribution in [0.4, 0.5) is 5.69 Å². The highest BCUT2D eigenvalue weighted by Gasteiger charge is 2.22. The van der Waals surface area contributed by atoms with Crippen molar-refractivity contribution >= 4 is 17.2 Å². The number of hydrogen-bond acceptors (Lipinski definition) is 2. The van der Waals surface area contributed by atoms with Crippen molar-refractivity contribution in [3.8, 4) is 22.4 Å². The summed E-state index contributed by atoms with van der Waals surface area (Å²) in [6.45, 7) is 7.72. The molecule has 0 saturated heterocycles. The molecule has 29 heavy (non-hydrogen) atoms. The van der Waals surface area contributed by atoms with Gasteiger partial charge in [0.05, 0.1) is 11.4 Å². The van der Waals surface area contributed by atoms with Gasteiger partial charge >= 0.3 is 0 Å². The zero-order valence-electron chi connectivity index (χ0n) is 17.2. The number of aromatic nitrogens is 2. The molecule has 0 bridgehead atoms. The van der Waals surface area contributed by atoms with E-state index >= 15 is 0 Å². The van der Waals surface area contributed by atoms with Crippen molar-refractivity contribution < 1.29 is 4.79 Å². The third-order valence-electron chi connectivity index (χ3n) is 4.91. The van der Waals surface area contributed by atoms with Gasteiger partial charge in [0, 0.05) is 23.4 Å². The number of amides is 1. The summed E-state index contributed by atoms with van der Waals surface area (Å²) < 4.78 is 1.98. The van der Waals surface area contributed by atoms with Gasteiger partial charge < -0.3 is 9.72 Å². The molecule has 1 N–H and O–H groups in total. The maximum atomic E-state index is 12.5. The highest BCUT2D eigenvalue weighted by Crippen LogP contribution is 2.28. The smallest absolute Gasteiger partial charge is 0.229 e. The van der Waals surface area contributed by atoms with Crippen LogP contribution in [0.3, 0.4) is 0 Å². The van der Waals surface area contributed by atoms with E-state index in [0.717, 1.165) is 28.2 Å². The summed E-state index contributed by atoms with van der Waals surface area (Å²) in [7, 11) is 0. The Bertz CT molecular complexity index is 1170. The first-order valence-electron chi connectivity index (χ1n) is 9.78. The van der Waals surface area contributed by atoms with Gasteiger partial charge in [0.2, 0.25) is 5.91 Å². The summed E-state index contributed by atoms with van der Waals surface area (Å²) in [5.74, 6) is -0.0261. The number of nitrogens with one attached hydrogen (secondary N) is 1. The molecule has 0 atom stereocenters. The maximum absolute atomic E-state index is 12.5. The Kier molecular flexibility index (Phi) is 4.71. The van der Waals surface area contributed by atoms with Crippen LogP contribution in [0.1, 0.15) is 26.3 Å². The lowest BCUT2D eigenvalue weighted by atomic mass is 9.95. The average Bonchev–Trinajstić information content (AvgIpc) is 3.12. The van der Waals surface area contributed by atoms with E-state index < -0.39 is 5.41 Å². The molecule has 2 aromatic heterocycles. The molecule has 0 aliphatic heterocycles. The quantitative estimate of drug-likeness (QED) is 0.474. The SMILES string of the molecule is Cc1cc(NC(=O)C(C)(C)C)c2nc(-c3ccc(-c4ccccc4)cc3)cn2c1. The minimum Gasteiger partial charge on any atom is -0.322 e. The van der Waals surface area contributed by atoms with Gasteiger partial charge in [-0.15, -0.1) is 0 Å². The summed E-state index contributed by atoms with van der Waals surface area (Å²) >= 11 is 0. The second kappa shape index (κ2) is 7.21. The molecule has 4 aromatic rings. The first-order chi connectivity index (χ1) is 13.8. The van der Waals surface area contributed by atoms with Crippen LogP contribution in [0.5, 0.6) is 0 Å². The number of aryl methyl sites for hydroxylation is 1. The molecule has 4 rings (SSSR count). The zero-order chi connectivity index (χ0) is 20.6. The van der Waals surface area contributed by atoms with Gasteiger partial charge in [-0.3, -0.25) is 4.79 Å². The Morgan fingerprint density at radius 3 is 2.17 bits per heavy atom. The Balaban J connectivity index is 1.70. The molecular weight excluding hydrogens is 358 g/mol. The van der Waals surface area contributed by atoms with E-state index in [1.165, 1.54) is 11.1 Å². The van der Waals surface area contributed by atoms with E-state index in [2.05, 4.69) is 41.7 Å². The topological polar surface area (TPSA) is 46.4 Å². The van der Waals surface area contributed by atoms with Crippen molar-refractivity contribution in [2.75, 3.05) is 5.32 Å². The Morgan fingerprint density at radius 1 is 0.897 bits per heavy atom. The van der Waals surface area contributed by atoms with Gasteiger partial charge in [-0.2, -0.15) is 0 Å². The fourth-order valence-electron chi connectivity index (χ4n) is 3.25. The van der Waals surface area contributed by atoms with E-state index in [1.807, 2.05) is 68.8 Å². The van der Waals surface area contributed by atoms with Gasteiger partial charge in [0.1, 0.15) is 0 Å². The van der Waals surface area contributed by atoms with Crippen LogP contribution >= 0.6 is 0 Å². The molecule has 2 heterocycles. The Morgan fingerprint density at radius 2 is 1.52 bits per heavy atom. The Hall–Kier alpha value is -3.40. The predicted molar refractivity (Wildman–Crippen MR) is 119 cm³/mol. The van der Waals surface area contributed by atoms with Gasteiger partial charge in [0.15, 0.2) is 5.65 Å². The molecule has 0 aliphatic carbocycles. The molecule has 0 aliphatic rings. The van der Waals surface area contributed by atoms with Gasteiger partial charge in [-0.1, -0.05) is 75.4 Å². The van der Waals surface area contributed by atoms with Gasteiger partial charge in [-0.05, 0) is 29.7 Å². The number of imidazole rings is 1. The number of benzene rings is 2. The maximum Gasteiger partial charge on any atom is 0.229 e. The van der Waals surface area contributed by atoms with Crippen LogP contribution in [-0.2, 0) is 4.79 Å². The second-order valence-electron chi connectivity index (χ2n) is 8.44. The third-order valence-corrected chi connectivity index (χ3v) is 4.91. The number of carbonyl (C=O) groups is 1. The lowest BCUT2D eigenvalue weighted by molar-refractivity contribution is -0.123. The number of anilines is 1. The van der Waals surface area contributed by atoms with Crippen LogP contribution in [0.15, 0.2) is 73.1 Å². The molecule has 0 radical (unpaired) electrons. The lowest BCUT2D eigenvalue weighted by Gasteiger charge is -2.18. The molecule has 4 nitrogen and oxygen atoms in total. The molecule has 1 amide bonds. The summed E-state index contributed by atoms with van der Waals surface area (Å²) in [6, 6.07) is 20.7. The Labute approximate surface area is 171 Å². The van der Waals surface area contributed by atoms with Crippen molar-refractivity contribution in [1.29, 1.82) is 0 Å². The molecule has 2 aromatic carbocycles. The van der Waals surface area contributed by atoms with Crippen LogP contribution in [0.2, 0.25) is 0 Å². The number of rotatable bonds is 3. The number of hydrogen-bond donors (Lipinski definition) is 1. The number of pyridine rings is 1. The third kappa shape index (κ3) is 3.92. The number of nitrogens with zero attached hydrogens (tertiary/aromatic N) is 2. The first-order valence-corrected chi connectivity index (χ1v) is 9.78. The minimum absolute atomic E-state index is 0.0261. The van der Waals surface area contributed by atoms with Gasteiger partial charge in [0.25, 0.3) is 0 Å². The molecule has 4 heteroatoms. The van der Waals surface area contributed by atoms with Crippen molar-refractivity contribution in [2.24, 2.45) is 5.41 Å². The number of carbonyl (C=O) groups excluding carboxylic acids is 1. The van der Waals surface area contributed by atoms with Crippen molar-refractivity contribution in [3.63, 3.8) is 0 Å². The molecule has 0 unspecified atom stereocenters. The normalized spacial score (nSPS) is 11.6. The standard InChI is InChI=1S/C25H25N3O/c1-17-14-21(27-24(29)25(2,3)4)23-26-22(16-28(23)15-17)20-12-10-19(11-13-20)18-8-6-5-7-9-18/h5-16H,1-4H3,(H,27,29). The highest BCUT2D eigenvalue weighted by molar-refractivity contribution is 5.97. The fourth-order valence-corrected chi connectivity index (χ4v) is 3.25. The van der Waals surface area contributed by atoms with Crippen LogP contribution in [0.25, 0.3) is 28.0 Å². The van der Waals surface area contributed by atoms with E-state index in [9.17, 15) is 4.79 Å². The largest absolute Gasteiger partial charge is 0.322 e. The molecule has 0 fully saturated rings. The predicted octanol–water partition coefficient (Wildman–Crippen LogP) is 5.96. The van der Waals surface area contributed by atoms with Crippen molar-refractivity contribution in [1.82, 2.24) is 9.38 Å². The first kappa shape index (κ1) is 18.9. The van der Waals surface area contributed by atoms with E-state index in [-0.39, 0.29) is 5.91 Å². The van der Waals surface area contributed by atoms with Crippen LogP contribution < -0.4 is 5.32 Å². The van der Waals surface area contributed by atoms with Crippen molar-refractivity contribution in [3.05, 3.63) is 78.6 Å². The highest BCUT2D eigenvalue weighted by atomic mass is 16.2. The molecule has 146 valence electrons. The van der Waals surface area contributed by atoms with Crippen LogP contribution in [0, 0.1) is 12.3 Å². The molecule has 0 saturated carbocycles. The summed E-state index contributed by atoms with van der Waals surface area (Å²) in [4.78, 5) is 17.3.